The van der Waals surface area contributed by atoms with Gasteiger partial charge in [0.1, 0.15) is 5.82 Å². The number of H-pyrrole nitrogens is 1. The molecule has 1 heterocycles. The number of esters is 1. The fourth-order valence-corrected chi connectivity index (χ4v) is 2.89. The molecule has 0 fully saturated rings. The number of nitrogens with one attached hydrogen (secondary N) is 2. The lowest BCUT2D eigenvalue weighted by Crippen LogP contribution is -2.35. The summed E-state index contributed by atoms with van der Waals surface area (Å²) < 4.78 is 18.4. The van der Waals surface area contributed by atoms with Gasteiger partial charge in [0.15, 0.2) is 0 Å². The summed E-state index contributed by atoms with van der Waals surface area (Å²) in [4.78, 5) is 27.9. The van der Waals surface area contributed by atoms with E-state index in [0.29, 0.717) is 16.6 Å². The summed E-state index contributed by atoms with van der Waals surface area (Å²) in [6, 6.07) is 11.0. The van der Waals surface area contributed by atoms with E-state index in [1.54, 1.807) is 50.4 Å². The van der Waals surface area contributed by atoms with Gasteiger partial charge >= 0.3 is 5.97 Å². The maximum atomic E-state index is 13.6. The Bertz CT molecular complexity index is 992. The summed E-state index contributed by atoms with van der Waals surface area (Å²) in [6.45, 7) is 3.49. The summed E-state index contributed by atoms with van der Waals surface area (Å²) in [6.07, 6.45) is 1.70. The smallest absolute Gasteiger partial charge is 0.339 e. The molecule has 0 aliphatic carbocycles. The second-order valence-corrected chi connectivity index (χ2v) is 6.51. The topological polar surface area (TPSA) is 71.2 Å². The van der Waals surface area contributed by atoms with E-state index in [9.17, 15) is 14.0 Å². The minimum absolute atomic E-state index is 0.268. The highest BCUT2D eigenvalue weighted by molar-refractivity contribution is 6.06. The Morgan fingerprint density at radius 2 is 1.88 bits per heavy atom. The number of fused-ring (bicyclic) bond motifs is 1. The molecule has 2 N–H and O–H groups in total. The fraction of sp³-hybridized carbons (Fsp3) is 0.200. The lowest BCUT2D eigenvalue weighted by Gasteiger charge is -2.24. The molecule has 0 aliphatic rings. The van der Waals surface area contributed by atoms with Crippen LogP contribution in [0.5, 0.6) is 0 Å². The van der Waals surface area contributed by atoms with Crippen molar-refractivity contribution in [2.45, 2.75) is 19.3 Å². The van der Waals surface area contributed by atoms with Crippen LogP contribution in [-0.2, 0) is 14.9 Å². The molecule has 5 nitrogen and oxygen atoms in total. The SMILES string of the molecule is COC(=O)c1ccccc1NC(=O)C(C)(C)c1c[nH]c2ccc(F)cc12. The largest absolute Gasteiger partial charge is 0.465 e. The molecule has 1 aromatic heterocycles. The predicted octanol–water partition coefficient (Wildman–Crippen LogP) is 4.01. The average Bonchev–Trinajstić information content (AvgIpc) is 3.05. The molecule has 0 radical (unpaired) electrons. The zero-order valence-electron chi connectivity index (χ0n) is 14.7. The number of carbonyl (C=O) groups is 2. The van der Waals surface area contributed by atoms with E-state index in [-0.39, 0.29) is 17.3 Å². The van der Waals surface area contributed by atoms with Crippen LogP contribution in [0.2, 0.25) is 0 Å². The number of aromatic nitrogens is 1. The monoisotopic (exact) mass is 354 g/mol. The molecule has 0 saturated heterocycles. The molecule has 1 amide bonds. The first-order valence-corrected chi connectivity index (χ1v) is 8.10. The van der Waals surface area contributed by atoms with Gasteiger partial charge in [0.2, 0.25) is 5.91 Å². The summed E-state index contributed by atoms with van der Waals surface area (Å²) in [5, 5.41) is 3.43. The van der Waals surface area contributed by atoms with Crippen molar-refractivity contribution in [1.82, 2.24) is 4.98 Å². The Morgan fingerprint density at radius 3 is 2.62 bits per heavy atom. The fourth-order valence-electron chi connectivity index (χ4n) is 2.89. The van der Waals surface area contributed by atoms with E-state index in [2.05, 4.69) is 10.3 Å². The van der Waals surface area contributed by atoms with Gasteiger partial charge in [-0.25, -0.2) is 9.18 Å². The molecule has 0 bridgehead atoms. The van der Waals surface area contributed by atoms with E-state index < -0.39 is 11.4 Å². The highest BCUT2D eigenvalue weighted by Crippen LogP contribution is 2.32. The molecule has 2 aromatic carbocycles. The van der Waals surface area contributed by atoms with E-state index >= 15 is 0 Å². The quantitative estimate of drug-likeness (QED) is 0.696. The van der Waals surface area contributed by atoms with E-state index in [4.69, 9.17) is 4.74 Å². The molecule has 0 saturated carbocycles. The van der Waals surface area contributed by atoms with Gasteiger partial charge in [0.25, 0.3) is 0 Å². The predicted molar refractivity (Wildman–Crippen MR) is 97.7 cm³/mol. The zero-order valence-corrected chi connectivity index (χ0v) is 14.7. The van der Waals surface area contributed by atoms with Crippen LogP contribution in [0.25, 0.3) is 10.9 Å². The number of anilines is 1. The molecular formula is C20H19FN2O3. The van der Waals surface area contributed by atoms with Gasteiger partial charge in [-0.3, -0.25) is 4.79 Å². The number of rotatable bonds is 4. The number of benzene rings is 2. The lowest BCUT2D eigenvalue weighted by atomic mass is 9.83. The van der Waals surface area contributed by atoms with Gasteiger partial charge in [-0.15, -0.1) is 0 Å². The number of hydrogen-bond acceptors (Lipinski definition) is 3. The number of halogens is 1. The van der Waals surface area contributed by atoms with Crippen LogP contribution < -0.4 is 5.32 Å². The number of para-hydroxylation sites is 1. The molecule has 134 valence electrons. The first kappa shape index (κ1) is 17.7. The van der Waals surface area contributed by atoms with Gasteiger partial charge < -0.3 is 15.0 Å². The Hall–Kier alpha value is -3.15. The summed E-state index contributed by atoms with van der Waals surface area (Å²) >= 11 is 0. The first-order valence-electron chi connectivity index (χ1n) is 8.10. The molecule has 6 heteroatoms. The van der Waals surface area contributed by atoms with Gasteiger partial charge in [0.05, 0.1) is 23.8 Å². The normalized spacial score (nSPS) is 11.4. The second-order valence-electron chi connectivity index (χ2n) is 6.51. The maximum Gasteiger partial charge on any atom is 0.339 e. The van der Waals surface area contributed by atoms with Crippen molar-refractivity contribution in [2.75, 3.05) is 12.4 Å². The Morgan fingerprint density at radius 1 is 1.15 bits per heavy atom. The lowest BCUT2D eigenvalue weighted by molar-refractivity contribution is -0.120. The number of hydrogen-bond donors (Lipinski definition) is 2. The summed E-state index contributed by atoms with van der Waals surface area (Å²) in [7, 11) is 1.28. The van der Waals surface area contributed by atoms with E-state index in [1.165, 1.54) is 19.2 Å². The minimum atomic E-state index is -0.963. The number of ether oxygens (including phenoxy) is 1. The minimum Gasteiger partial charge on any atom is -0.465 e. The van der Waals surface area contributed by atoms with Gasteiger partial charge in [-0.2, -0.15) is 0 Å². The number of amides is 1. The van der Waals surface area contributed by atoms with Gasteiger partial charge in [-0.1, -0.05) is 12.1 Å². The van der Waals surface area contributed by atoms with Crippen LogP contribution in [0.1, 0.15) is 29.8 Å². The van der Waals surface area contributed by atoms with Crippen molar-refractivity contribution in [3.05, 3.63) is 65.6 Å². The zero-order chi connectivity index (χ0) is 18.9. The van der Waals surface area contributed by atoms with Crippen molar-refractivity contribution in [3.8, 4) is 0 Å². The highest BCUT2D eigenvalue weighted by atomic mass is 19.1. The number of methoxy groups -OCH3 is 1. The number of carbonyl (C=O) groups excluding carboxylic acids is 2. The maximum absolute atomic E-state index is 13.6. The summed E-state index contributed by atoms with van der Waals surface area (Å²) in [5.74, 6) is -1.22. The molecule has 0 unspecified atom stereocenters. The van der Waals surface area contributed by atoms with Crippen molar-refractivity contribution in [2.24, 2.45) is 0 Å². The van der Waals surface area contributed by atoms with Crippen molar-refractivity contribution >= 4 is 28.5 Å². The highest BCUT2D eigenvalue weighted by Gasteiger charge is 2.33. The average molecular weight is 354 g/mol. The third-order valence-electron chi connectivity index (χ3n) is 4.47. The molecule has 0 spiro atoms. The first-order chi connectivity index (χ1) is 12.3. The molecule has 0 atom stereocenters. The van der Waals surface area contributed by atoms with Gasteiger partial charge in [0, 0.05) is 17.1 Å². The molecular weight excluding hydrogens is 335 g/mol. The van der Waals surface area contributed by atoms with Crippen molar-refractivity contribution < 1.29 is 18.7 Å². The Labute approximate surface area is 150 Å². The van der Waals surface area contributed by atoms with Crippen molar-refractivity contribution in [3.63, 3.8) is 0 Å². The van der Waals surface area contributed by atoms with Crippen LogP contribution in [0.3, 0.4) is 0 Å². The van der Waals surface area contributed by atoms with Crippen LogP contribution in [0, 0.1) is 5.82 Å². The van der Waals surface area contributed by atoms with Gasteiger partial charge in [-0.05, 0) is 49.7 Å². The Kier molecular flexibility index (Phi) is 4.50. The van der Waals surface area contributed by atoms with Crippen molar-refractivity contribution in [1.29, 1.82) is 0 Å². The number of aromatic amines is 1. The van der Waals surface area contributed by atoms with Crippen LogP contribution in [0.15, 0.2) is 48.7 Å². The van der Waals surface area contributed by atoms with E-state index in [0.717, 1.165) is 5.52 Å². The molecule has 26 heavy (non-hydrogen) atoms. The van der Waals surface area contributed by atoms with E-state index in [1.807, 2.05) is 0 Å². The molecule has 3 aromatic rings. The van der Waals surface area contributed by atoms with Crippen LogP contribution >= 0.6 is 0 Å². The standard InChI is InChI=1S/C20H19FN2O3/c1-20(2,15-11-22-16-9-8-12(21)10-14(15)16)19(25)23-17-7-5-4-6-13(17)18(24)26-3/h4-11,22H,1-3H3,(H,23,25). The second kappa shape index (κ2) is 6.63. The molecule has 0 aliphatic heterocycles. The van der Waals surface area contributed by atoms with Crippen LogP contribution in [0.4, 0.5) is 10.1 Å². The van der Waals surface area contributed by atoms with Crippen LogP contribution in [-0.4, -0.2) is 24.0 Å². The summed E-state index contributed by atoms with van der Waals surface area (Å²) in [5.41, 5.74) is 1.08. The Balaban J connectivity index is 1.96. The molecule has 3 rings (SSSR count). The third-order valence-corrected chi connectivity index (χ3v) is 4.47. The third kappa shape index (κ3) is 3.06.